The number of para-hydroxylation sites is 1. The van der Waals surface area contributed by atoms with Gasteiger partial charge in [0, 0.05) is 51.5 Å². The van der Waals surface area contributed by atoms with Crippen LogP contribution >= 0.6 is 0 Å². The largest absolute Gasteiger partial charge is 0.493 e. The number of nitrogens with zero attached hydrogens (tertiary/aromatic N) is 3. The molecule has 2 aliphatic heterocycles. The molecule has 2 heterocycles. The zero-order chi connectivity index (χ0) is 24.6. The van der Waals surface area contributed by atoms with Crippen LogP contribution in [0.5, 0.6) is 11.5 Å². The van der Waals surface area contributed by atoms with Gasteiger partial charge in [-0.25, -0.2) is 4.79 Å². The van der Waals surface area contributed by atoms with Gasteiger partial charge in [-0.1, -0.05) is 24.3 Å². The molecule has 2 saturated heterocycles. The number of anilines is 1. The second kappa shape index (κ2) is 12.1. The van der Waals surface area contributed by atoms with E-state index in [1.165, 1.54) is 11.3 Å². The van der Waals surface area contributed by atoms with Crippen molar-refractivity contribution in [1.82, 2.24) is 15.1 Å². The highest BCUT2D eigenvalue weighted by Gasteiger charge is 2.27. The number of hydrogen-bond acceptors (Lipinski definition) is 6. The Morgan fingerprint density at radius 2 is 1.77 bits per heavy atom. The lowest BCUT2D eigenvalue weighted by atomic mass is 10.0. The number of carbonyl (C=O) groups is 1. The molecule has 2 amide bonds. The van der Waals surface area contributed by atoms with Crippen molar-refractivity contribution in [2.45, 2.75) is 19.9 Å². The van der Waals surface area contributed by atoms with Crippen LogP contribution in [0.3, 0.4) is 0 Å². The fourth-order valence-corrected chi connectivity index (χ4v) is 4.88. The van der Waals surface area contributed by atoms with E-state index in [1.807, 2.05) is 24.0 Å². The molecule has 0 aliphatic carbocycles. The van der Waals surface area contributed by atoms with Crippen molar-refractivity contribution in [3.63, 3.8) is 0 Å². The molecule has 2 fully saturated rings. The predicted molar refractivity (Wildman–Crippen MR) is 138 cm³/mol. The molecule has 0 saturated carbocycles. The first-order chi connectivity index (χ1) is 17.1. The van der Waals surface area contributed by atoms with E-state index in [2.05, 4.69) is 52.4 Å². The summed E-state index contributed by atoms with van der Waals surface area (Å²) in [5.74, 6) is 1.44. The third kappa shape index (κ3) is 6.18. The third-order valence-electron chi connectivity index (χ3n) is 6.83. The van der Waals surface area contributed by atoms with Crippen molar-refractivity contribution in [2.75, 3.05) is 77.6 Å². The average molecular weight is 483 g/mol. The number of urea groups is 1. The zero-order valence-electron chi connectivity index (χ0n) is 21.2. The van der Waals surface area contributed by atoms with Crippen LogP contribution in [0.25, 0.3) is 0 Å². The van der Waals surface area contributed by atoms with Gasteiger partial charge in [0.15, 0.2) is 11.5 Å². The zero-order valence-corrected chi connectivity index (χ0v) is 21.2. The van der Waals surface area contributed by atoms with Crippen molar-refractivity contribution in [3.05, 3.63) is 53.6 Å². The summed E-state index contributed by atoms with van der Waals surface area (Å²) in [4.78, 5) is 19.8. The lowest BCUT2D eigenvalue weighted by Crippen LogP contribution is -2.53. The second-order valence-electron chi connectivity index (χ2n) is 8.95. The normalized spacial score (nSPS) is 17.7. The lowest BCUT2D eigenvalue weighted by Gasteiger charge is -2.38. The van der Waals surface area contributed by atoms with Crippen molar-refractivity contribution in [2.24, 2.45) is 0 Å². The molecule has 2 aromatic rings. The van der Waals surface area contributed by atoms with Crippen LogP contribution in [0.4, 0.5) is 10.5 Å². The summed E-state index contributed by atoms with van der Waals surface area (Å²) in [5, 5.41) is 3.21. The van der Waals surface area contributed by atoms with Gasteiger partial charge in [-0.05, 0) is 43.2 Å². The van der Waals surface area contributed by atoms with Crippen LogP contribution in [-0.2, 0) is 4.74 Å². The van der Waals surface area contributed by atoms with Gasteiger partial charge < -0.3 is 29.3 Å². The van der Waals surface area contributed by atoms with Crippen LogP contribution in [0.2, 0.25) is 0 Å². The number of ether oxygens (including phenoxy) is 3. The standard InChI is InChI=1S/C27H38N4O4/c1-4-35-25-10-9-22(19-26(25)33-3)24(30-15-17-34-18-16-30)20-28-27(32)31-13-11-29(12-14-31)23-8-6-5-7-21(23)2/h5-10,19,24H,4,11-18,20H2,1-3H3,(H,28,32)/t24-/m0/s1. The van der Waals surface area contributed by atoms with E-state index in [0.29, 0.717) is 45.2 Å². The molecule has 190 valence electrons. The van der Waals surface area contributed by atoms with E-state index in [-0.39, 0.29) is 12.1 Å². The summed E-state index contributed by atoms with van der Waals surface area (Å²) in [7, 11) is 1.66. The van der Waals surface area contributed by atoms with E-state index in [1.54, 1.807) is 7.11 Å². The number of benzene rings is 2. The Balaban J connectivity index is 1.40. The number of nitrogens with one attached hydrogen (secondary N) is 1. The van der Waals surface area contributed by atoms with Gasteiger partial charge in [0.2, 0.25) is 0 Å². The lowest BCUT2D eigenvalue weighted by molar-refractivity contribution is 0.0164. The summed E-state index contributed by atoms with van der Waals surface area (Å²) >= 11 is 0. The SMILES string of the molecule is CCOc1ccc([C@H](CNC(=O)N2CCN(c3ccccc3C)CC2)N2CCOCC2)cc1OC. The Labute approximate surface area is 208 Å². The van der Waals surface area contributed by atoms with Crippen LogP contribution in [0.1, 0.15) is 24.1 Å². The summed E-state index contributed by atoms with van der Waals surface area (Å²) in [6.45, 7) is 11.3. The highest BCUT2D eigenvalue weighted by atomic mass is 16.5. The number of morpholine rings is 1. The van der Waals surface area contributed by atoms with Crippen molar-refractivity contribution >= 4 is 11.7 Å². The van der Waals surface area contributed by atoms with Gasteiger partial charge in [-0.15, -0.1) is 0 Å². The second-order valence-corrected chi connectivity index (χ2v) is 8.95. The van der Waals surface area contributed by atoms with Crippen LogP contribution < -0.4 is 19.7 Å². The van der Waals surface area contributed by atoms with E-state index in [9.17, 15) is 4.79 Å². The predicted octanol–water partition coefficient (Wildman–Crippen LogP) is 3.31. The van der Waals surface area contributed by atoms with Gasteiger partial charge in [-0.3, -0.25) is 4.90 Å². The minimum atomic E-state index is -0.00871. The number of methoxy groups -OCH3 is 1. The van der Waals surface area contributed by atoms with Crippen LogP contribution in [-0.4, -0.2) is 88.6 Å². The molecule has 0 aromatic heterocycles. The third-order valence-corrected chi connectivity index (χ3v) is 6.83. The number of carbonyl (C=O) groups excluding carboxylic acids is 1. The maximum atomic E-state index is 13.1. The Kier molecular flexibility index (Phi) is 8.71. The summed E-state index contributed by atoms with van der Waals surface area (Å²) in [6, 6.07) is 14.5. The topological polar surface area (TPSA) is 66.5 Å². The first kappa shape index (κ1) is 25.1. The molecule has 0 spiro atoms. The van der Waals surface area contributed by atoms with Gasteiger partial charge >= 0.3 is 6.03 Å². The maximum Gasteiger partial charge on any atom is 0.317 e. The molecule has 1 atom stereocenters. The minimum absolute atomic E-state index is 0.00871. The van der Waals surface area contributed by atoms with Gasteiger partial charge in [0.25, 0.3) is 0 Å². The molecular formula is C27H38N4O4. The van der Waals surface area contributed by atoms with Crippen LogP contribution in [0, 0.1) is 6.92 Å². The molecule has 4 rings (SSSR count). The Bertz CT molecular complexity index is 971. The van der Waals surface area contributed by atoms with Gasteiger partial charge in [0.05, 0.1) is 33.0 Å². The van der Waals surface area contributed by atoms with E-state index in [4.69, 9.17) is 14.2 Å². The molecular weight excluding hydrogens is 444 g/mol. The first-order valence-electron chi connectivity index (χ1n) is 12.6. The molecule has 1 N–H and O–H groups in total. The number of rotatable bonds is 8. The summed E-state index contributed by atoms with van der Waals surface area (Å²) in [6.07, 6.45) is 0. The van der Waals surface area contributed by atoms with Crippen molar-refractivity contribution in [3.8, 4) is 11.5 Å². The van der Waals surface area contributed by atoms with Gasteiger partial charge in [0.1, 0.15) is 0 Å². The monoisotopic (exact) mass is 482 g/mol. The quantitative estimate of drug-likeness (QED) is 0.623. The number of aryl methyl sites for hydroxylation is 1. The van der Waals surface area contributed by atoms with E-state index in [0.717, 1.165) is 37.5 Å². The molecule has 0 bridgehead atoms. The molecule has 8 nitrogen and oxygen atoms in total. The fraction of sp³-hybridized carbons (Fsp3) is 0.519. The van der Waals surface area contributed by atoms with E-state index >= 15 is 0 Å². The Hall–Kier alpha value is -2.97. The highest BCUT2D eigenvalue weighted by Crippen LogP contribution is 2.32. The van der Waals surface area contributed by atoms with Crippen LogP contribution in [0.15, 0.2) is 42.5 Å². The number of amides is 2. The first-order valence-corrected chi connectivity index (χ1v) is 12.6. The molecule has 35 heavy (non-hydrogen) atoms. The van der Waals surface area contributed by atoms with Crippen molar-refractivity contribution in [1.29, 1.82) is 0 Å². The molecule has 8 heteroatoms. The summed E-state index contributed by atoms with van der Waals surface area (Å²) in [5.41, 5.74) is 3.62. The molecule has 0 radical (unpaired) electrons. The fourth-order valence-electron chi connectivity index (χ4n) is 4.88. The van der Waals surface area contributed by atoms with Gasteiger partial charge in [-0.2, -0.15) is 0 Å². The Morgan fingerprint density at radius 1 is 1.03 bits per heavy atom. The van der Waals surface area contributed by atoms with E-state index < -0.39 is 0 Å². The minimum Gasteiger partial charge on any atom is -0.493 e. The maximum absolute atomic E-state index is 13.1. The number of piperazine rings is 1. The summed E-state index contributed by atoms with van der Waals surface area (Å²) < 4.78 is 16.8. The van der Waals surface area contributed by atoms with Crippen molar-refractivity contribution < 1.29 is 19.0 Å². The highest BCUT2D eigenvalue weighted by molar-refractivity contribution is 5.74. The molecule has 0 unspecified atom stereocenters. The molecule has 2 aromatic carbocycles. The smallest absolute Gasteiger partial charge is 0.317 e. The average Bonchev–Trinajstić information content (AvgIpc) is 2.90. The molecule has 2 aliphatic rings. The number of hydrogen-bond donors (Lipinski definition) is 1. The Morgan fingerprint density at radius 3 is 2.46 bits per heavy atom.